The predicted octanol–water partition coefficient (Wildman–Crippen LogP) is 4.19. The molecule has 0 unspecified atom stereocenters. The molecular weight excluding hydrogens is 434 g/mol. The van der Waals surface area contributed by atoms with Crippen molar-refractivity contribution in [3.63, 3.8) is 0 Å². The fraction of sp³-hybridized carbons (Fsp3) is 0.250. The summed E-state index contributed by atoms with van der Waals surface area (Å²) in [6, 6.07) is 12.1. The highest BCUT2D eigenvalue weighted by Crippen LogP contribution is 2.29. The number of nitrogens with zero attached hydrogens (tertiary/aromatic N) is 1. The number of rotatable bonds is 5. The molecule has 0 aromatic heterocycles. The van der Waals surface area contributed by atoms with E-state index in [0.717, 1.165) is 10.0 Å². The van der Waals surface area contributed by atoms with Crippen molar-refractivity contribution in [3.05, 3.63) is 63.1 Å². The van der Waals surface area contributed by atoms with Crippen molar-refractivity contribution in [2.45, 2.75) is 13.3 Å². The first-order chi connectivity index (χ1) is 12.8. The minimum atomic E-state index is -0.602. The average molecular weight is 451 g/mol. The quantitative estimate of drug-likeness (QED) is 0.506. The smallest absolute Gasteiger partial charge is 0.311 e. The molecule has 1 amide bonds. The van der Waals surface area contributed by atoms with Gasteiger partial charge < -0.3 is 9.64 Å². The van der Waals surface area contributed by atoms with Gasteiger partial charge >= 0.3 is 5.97 Å². The van der Waals surface area contributed by atoms with Crippen LogP contribution in [0.15, 0.2) is 46.9 Å². The molecule has 1 fully saturated rings. The van der Waals surface area contributed by atoms with Gasteiger partial charge in [-0.25, -0.2) is 0 Å². The first-order valence-corrected chi connectivity index (χ1v) is 9.54. The highest BCUT2D eigenvalue weighted by Gasteiger charge is 2.36. The number of esters is 1. The molecule has 1 atom stereocenters. The van der Waals surface area contributed by atoms with Crippen molar-refractivity contribution in [1.82, 2.24) is 0 Å². The van der Waals surface area contributed by atoms with Gasteiger partial charge in [-0.1, -0.05) is 45.7 Å². The summed E-state index contributed by atoms with van der Waals surface area (Å²) in [5.41, 5.74) is 2.02. The number of Topliss-reactive ketones (excluding diaryl/α,β-unsaturated/α-hetero) is 1. The van der Waals surface area contributed by atoms with Gasteiger partial charge in [-0.3, -0.25) is 14.4 Å². The lowest BCUT2D eigenvalue weighted by molar-refractivity contribution is -0.147. The summed E-state index contributed by atoms with van der Waals surface area (Å²) in [6.07, 6.45) is 0.0524. The zero-order chi connectivity index (χ0) is 19.6. The normalized spacial score (nSPS) is 16.5. The van der Waals surface area contributed by atoms with E-state index in [2.05, 4.69) is 15.9 Å². The van der Waals surface area contributed by atoms with Crippen LogP contribution in [0.5, 0.6) is 0 Å². The van der Waals surface area contributed by atoms with Gasteiger partial charge in [-0.2, -0.15) is 0 Å². The number of ether oxygens (including phenoxy) is 1. The fourth-order valence-corrected chi connectivity index (χ4v) is 3.28. The Hall–Kier alpha value is -2.18. The van der Waals surface area contributed by atoms with Crippen molar-refractivity contribution in [3.8, 4) is 0 Å². The maximum atomic E-state index is 12.3. The Morgan fingerprint density at radius 3 is 2.59 bits per heavy atom. The monoisotopic (exact) mass is 449 g/mol. The van der Waals surface area contributed by atoms with Crippen LogP contribution in [0, 0.1) is 12.8 Å². The second-order valence-corrected chi connectivity index (χ2v) is 7.70. The van der Waals surface area contributed by atoms with Gasteiger partial charge in [0, 0.05) is 33.7 Å². The maximum absolute atomic E-state index is 12.3. The first kappa shape index (κ1) is 19.6. The number of anilines is 1. The van der Waals surface area contributed by atoms with Crippen molar-refractivity contribution in [2.24, 2.45) is 5.92 Å². The van der Waals surface area contributed by atoms with E-state index in [0.29, 0.717) is 16.3 Å². The van der Waals surface area contributed by atoms with Crippen molar-refractivity contribution < 1.29 is 19.1 Å². The predicted molar refractivity (Wildman–Crippen MR) is 106 cm³/mol. The number of amides is 1. The topological polar surface area (TPSA) is 63.7 Å². The SMILES string of the molecule is Cc1ccc(N2C[C@@H](C(=O)OCC(=O)c3ccc(Br)cc3)CC2=O)cc1Cl. The van der Waals surface area contributed by atoms with Gasteiger partial charge in [0.05, 0.1) is 5.92 Å². The molecule has 5 nitrogen and oxygen atoms in total. The van der Waals surface area contributed by atoms with Gasteiger partial charge in [0.1, 0.15) is 0 Å². The van der Waals surface area contributed by atoms with Crippen LogP contribution in [0.4, 0.5) is 5.69 Å². The van der Waals surface area contributed by atoms with Crippen LogP contribution in [-0.2, 0) is 14.3 Å². The lowest BCUT2D eigenvalue weighted by Gasteiger charge is -2.17. The molecule has 3 rings (SSSR count). The largest absolute Gasteiger partial charge is 0.457 e. The van der Waals surface area contributed by atoms with E-state index in [1.165, 1.54) is 4.90 Å². The number of carbonyl (C=O) groups is 3. The molecular formula is C20H17BrClNO4. The van der Waals surface area contributed by atoms with Gasteiger partial charge in [0.25, 0.3) is 0 Å². The van der Waals surface area contributed by atoms with Crippen LogP contribution in [-0.4, -0.2) is 30.8 Å². The number of ketones is 1. The summed E-state index contributed by atoms with van der Waals surface area (Å²) in [4.78, 5) is 38.2. The lowest BCUT2D eigenvalue weighted by Crippen LogP contribution is -2.27. The highest BCUT2D eigenvalue weighted by molar-refractivity contribution is 9.10. The fourth-order valence-electron chi connectivity index (χ4n) is 2.84. The summed E-state index contributed by atoms with van der Waals surface area (Å²) >= 11 is 9.42. The Morgan fingerprint density at radius 1 is 1.22 bits per heavy atom. The Labute approximate surface area is 170 Å². The molecule has 7 heteroatoms. The summed E-state index contributed by atoms with van der Waals surface area (Å²) in [6.45, 7) is 1.74. The van der Waals surface area contributed by atoms with E-state index in [9.17, 15) is 14.4 Å². The molecule has 27 heavy (non-hydrogen) atoms. The molecule has 1 heterocycles. The molecule has 0 saturated carbocycles. The summed E-state index contributed by atoms with van der Waals surface area (Å²) in [5.74, 6) is -1.61. The van der Waals surface area contributed by atoms with Crippen LogP contribution < -0.4 is 4.90 Å². The number of hydrogen-bond donors (Lipinski definition) is 0. The number of halogens is 2. The van der Waals surface area contributed by atoms with E-state index in [4.69, 9.17) is 16.3 Å². The van der Waals surface area contributed by atoms with Crippen molar-refractivity contribution in [1.29, 1.82) is 0 Å². The molecule has 140 valence electrons. The number of hydrogen-bond acceptors (Lipinski definition) is 4. The molecule has 1 saturated heterocycles. The number of carbonyl (C=O) groups excluding carboxylic acids is 3. The third kappa shape index (κ3) is 4.57. The third-order valence-corrected chi connectivity index (χ3v) is 5.37. The summed E-state index contributed by atoms with van der Waals surface area (Å²) < 4.78 is 6.00. The molecule has 0 N–H and O–H groups in total. The molecule has 1 aliphatic rings. The standard InChI is InChI=1S/C20H17BrClNO4/c1-12-2-7-16(9-17(12)22)23-10-14(8-19(23)25)20(26)27-11-18(24)13-3-5-15(21)6-4-13/h2-7,9,14H,8,10-11H2,1H3/t14-/m0/s1. The molecule has 2 aromatic rings. The lowest BCUT2D eigenvalue weighted by atomic mass is 10.1. The Kier molecular flexibility index (Phi) is 5.97. The average Bonchev–Trinajstić information content (AvgIpc) is 3.04. The van der Waals surface area contributed by atoms with Crippen molar-refractivity contribution >= 4 is 50.9 Å². The third-order valence-electron chi connectivity index (χ3n) is 4.44. The van der Waals surface area contributed by atoms with Gasteiger partial charge in [-0.15, -0.1) is 0 Å². The molecule has 0 bridgehead atoms. The van der Waals surface area contributed by atoms with Crippen LogP contribution in [0.3, 0.4) is 0 Å². The van der Waals surface area contributed by atoms with Crippen molar-refractivity contribution in [2.75, 3.05) is 18.1 Å². The van der Waals surface area contributed by atoms with Gasteiger partial charge in [0.2, 0.25) is 5.91 Å². The molecule has 0 spiro atoms. The van der Waals surface area contributed by atoms with E-state index >= 15 is 0 Å². The Balaban J connectivity index is 1.59. The molecule has 0 aliphatic carbocycles. The van der Waals surface area contributed by atoms with Crippen LogP contribution in [0.25, 0.3) is 0 Å². The molecule has 0 radical (unpaired) electrons. The van der Waals surface area contributed by atoms with E-state index in [-0.39, 0.29) is 31.3 Å². The van der Waals surface area contributed by atoms with E-state index < -0.39 is 11.9 Å². The Bertz CT molecular complexity index is 897. The zero-order valence-electron chi connectivity index (χ0n) is 14.6. The second kappa shape index (κ2) is 8.23. The van der Waals surface area contributed by atoms with E-state index in [1.807, 2.05) is 13.0 Å². The maximum Gasteiger partial charge on any atom is 0.311 e. The molecule has 1 aliphatic heterocycles. The van der Waals surface area contributed by atoms with Gasteiger partial charge in [0.15, 0.2) is 12.4 Å². The number of benzene rings is 2. The van der Waals surface area contributed by atoms with E-state index in [1.54, 1.807) is 36.4 Å². The minimum absolute atomic E-state index is 0.0524. The van der Waals surface area contributed by atoms with Crippen LogP contribution >= 0.6 is 27.5 Å². The van der Waals surface area contributed by atoms with Crippen LogP contribution in [0.2, 0.25) is 5.02 Å². The van der Waals surface area contributed by atoms with Crippen LogP contribution in [0.1, 0.15) is 22.3 Å². The van der Waals surface area contributed by atoms with Gasteiger partial charge in [-0.05, 0) is 36.8 Å². The minimum Gasteiger partial charge on any atom is -0.457 e. The number of aryl methyl sites for hydroxylation is 1. The Morgan fingerprint density at radius 2 is 1.93 bits per heavy atom. The summed E-state index contributed by atoms with van der Waals surface area (Å²) in [7, 11) is 0. The second-order valence-electron chi connectivity index (χ2n) is 6.38. The zero-order valence-corrected chi connectivity index (χ0v) is 16.9. The highest BCUT2D eigenvalue weighted by atomic mass is 79.9. The molecule has 2 aromatic carbocycles. The first-order valence-electron chi connectivity index (χ1n) is 8.37. The summed E-state index contributed by atoms with van der Waals surface area (Å²) in [5, 5.41) is 0.562.